The highest BCUT2D eigenvalue weighted by Crippen LogP contribution is 2.39. The maximum Gasteiger partial charge on any atom is 0.319 e. The number of rotatable bonds is 6. The summed E-state index contributed by atoms with van der Waals surface area (Å²) in [4.78, 5) is 12.3. The van der Waals surface area contributed by atoms with E-state index in [1.807, 2.05) is 6.07 Å². The highest BCUT2D eigenvalue weighted by molar-refractivity contribution is 8.00. The first kappa shape index (κ1) is 21.9. The number of sulfonamides is 1. The molecule has 1 saturated carbocycles. The molecule has 3 heterocycles. The van der Waals surface area contributed by atoms with Gasteiger partial charge in [-0.2, -0.15) is 4.31 Å². The van der Waals surface area contributed by atoms with E-state index in [1.165, 1.54) is 16.1 Å². The molecule has 0 bridgehead atoms. The molecule has 2 saturated heterocycles. The van der Waals surface area contributed by atoms with E-state index in [1.54, 1.807) is 18.2 Å². The molecule has 0 N–H and O–H groups in total. The Morgan fingerprint density at radius 2 is 1.81 bits per heavy atom. The molecule has 3 fully saturated rings. The number of esters is 1. The van der Waals surface area contributed by atoms with Gasteiger partial charge in [0.25, 0.3) is 0 Å². The van der Waals surface area contributed by atoms with Crippen LogP contribution in [0.1, 0.15) is 38.1 Å². The molecule has 3 aliphatic rings. The molecule has 5 rings (SSSR count). The minimum atomic E-state index is -3.61. The Morgan fingerprint density at radius 3 is 2.53 bits per heavy atom. The van der Waals surface area contributed by atoms with Crippen molar-refractivity contribution in [2.75, 3.05) is 32.9 Å². The number of morpholine rings is 1. The third kappa shape index (κ3) is 4.18. The third-order valence-corrected chi connectivity index (χ3v) is 9.29. The summed E-state index contributed by atoms with van der Waals surface area (Å²) < 4.78 is 40.3. The first-order chi connectivity index (χ1) is 15.5. The van der Waals surface area contributed by atoms with Crippen molar-refractivity contribution in [3.05, 3.63) is 24.3 Å². The van der Waals surface area contributed by atoms with Crippen LogP contribution >= 0.6 is 11.8 Å². The van der Waals surface area contributed by atoms with Crippen LogP contribution in [0.3, 0.4) is 0 Å². The Balaban J connectivity index is 1.50. The Labute approximate surface area is 191 Å². The first-order valence-electron chi connectivity index (χ1n) is 11.0. The normalized spacial score (nSPS) is 23.0. The van der Waals surface area contributed by atoms with Crippen LogP contribution < -0.4 is 0 Å². The molecule has 1 aromatic heterocycles. The van der Waals surface area contributed by atoms with Crippen molar-refractivity contribution >= 4 is 27.8 Å². The number of aromatic nitrogens is 3. The molecule has 0 radical (unpaired) electrons. The zero-order chi connectivity index (χ0) is 22.1. The van der Waals surface area contributed by atoms with E-state index in [4.69, 9.17) is 9.47 Å². The molecule has 2 aliphatic heterocycles. The van der Waals surface area contributed by atoms with Crippen molar-refractivity contribution in [3.8, 4) is 11.4 Å². The maximum absolute atomic E-state index is 13.2. The summed E-state index contributed by atoms with van der Waals surface area (Å²) in [6, 6.07) is 7.15. The summed E-state index contributed by atoms with van der Waals surface area (Å²) in [5, 5.41) is 9.27. The highest BCUT2D eigenvalue weighted by Gasteiger charge is 2.33. The Kier molecular flexibility index (Phi) is 6.24. The SMILES string of the molecule is O=C1OCC[C@@H]1Sc1nnc(-c2cccc(S(=O)(=O)N3CCOCC3)c2)n1C1CCCC1. The van der Waals surface area contributed by atoms with Gasteiger partial charge in [0.2, 0.25) is 10.0 Å². The standard InChI is InChI=1S/C21H26N4O5S2/c26-20-18(8-11-30-20)31-21-23-22-19(25(21)16-5-1-2-6-16)15-4-3-7-17(14-15)32(27,28)24-9-12-29-13-10-24/h3-4,7,14,16,18H,1-2,5-6,8-13H2/t18-/m0/s1. The Bertz CT molecular complexity index is 1090. The topological polar surface area (TPSA) is 104 Å². The summed E-state index contributed by atoms with van der Waals surface area (Å²) >= 11 is 1.40. The molecule has 32 heavy (non-hydrogen) atoms. The van der Waals surface area contributed by atoms with Crippen LogP contribution in [0.15, 0.2) is 34.3 Å². The minimum absolute atomic E-state index is 0.212. The summed E-state index contributed by atoms with van der Waals surface area (Å²) in [5.74, 6) is 0.431. The summed E-state index contributed by atoms with van der Waals surface area (Å²) in [5.41, 5.74) is 0.708. The van der Waals surface area contributed by atoms with Gasteiger partial charge in [-0.3, -0.25) is 9.36 Å². The van der Waals surface area contributed by atoms with Crippen molar-refractivity contribution < 1.29 is 22.7 Å². The molecule has 2 aromatic rings. The third-order valence-electron chi connectivity index (χ3n) is 6.19. The van der Waals surface area contributed by atoms with Gasteiger partial charge in [-0.05, 0) is 25.0 Å². The number of benzene rings is 1. The fourth-order valence-electron chi connectivity index (χ4n) is 4.49. The van der Waals surface area contributed by atoms with Crippen molar-refractivity contribution in [2.24, 2.45) is 0 Å². The number of cyclic esters (lactones) is 1. The summed E-state index contributed by atoms with van der Waals surface area (Å²) in [6.07, 6.45) is 4.94. The second-order valence-electron chi connectivity index (χ2n) is 8.22. The molecule has 0 amide bonds. The smallest absolute Gasteiger partial charge is 0.319 e. The number of thioether (sulfide) groups is 1. The van der Waals surface area contributed by atoms with Crippen molar-refractivity contribution in [3.63, 3.8) is 0 Å². The number of nitrogens with zero attached hydrogens (tertiary/aromatic N) is 4. The van der Waals surface area contributed by atoms with E-state index in [9.17, 15) is 13.2 Å². The number of hydrogen-bond donors (Lipinski definition) is 0. The molecule has 11 heteroatoms. The van der Waals surface area contributed by atoms with Crippen LogP contribution in [0, 0.1) is 0 Å². The van der Waals surface area contributed by atoms with Crippen LogP contribution in [-0.4, -0.2) is 71.6 Å². The number of hydrogen-bond acceptors (Lipinski definition) is 8. The minimum Gasteiger partial charge on any atom is -0.465 e. The van der Waals surface area contributed by atoms with Gasteiger partial charge in [0, 0.05) is 31.1 Å². The van der Waals surface area contributed by atoms with Gasteiger partial charge in [-0.25, -0.2) is 8.42 Å². The summed E-state index contributed by atoms with van der Waals surface area (Å²) in [7, 11) is -3.61. The van der Waals surface area contributed by atoms with E-state index in [2.05, 4.69) is 14.8 Å². The zero-order valence-corrected chi connectivity index (χ0v) is 19.3. The molecule has 9 nitrogen and oxygen atoms in total. The van der Waals surface area contributed by atoms with Crippen LogP contribution in [0.2, 0.25) is 0 Å². The molecule has 0 spiro atoms. The lowest BCUT2D eigenvalue weighted by molar-refractivity contribution is -0.137. The predicted octanol–water partition coefficient (Wildman–Crippen LogP) is 2.49. The first-order valence-corrected chi connectivity index (χ1v) is 13.3. The van der Waals surface area contributed by atoms with Gasteiger partial charge in [0.1, 0.15) is 5.25 Å². The number of ether oxygens (including phenoxy) is 2. The van der Waals surface area contributed by atoms with Crippen molar-refractivity contribution in [1.82, 2.24) is 19.1 Å². The largest absolute Gasteiger partial charge is 0.465 e. The molecule has 1 atom stereocenters. The van der Waals surface area contributed by atoms with Gasteiger partial charge >= 0.3 is 5.97 Å². The van der Waals surface area contributed by atoms with Gasteiger partial charge in [0.05, 0.1) is 24.7 Å². The van der Waals surface area contributed by atoms with Crippen LogP contribution in [0.25, 0.3) is 11.4 Å². The molecule has 1 aromatic carbocycles. The van der Waals surface area contributed by atoms with Crippen molar-refractivity contribution in [1.29, 1.82) is 0 Å². The Morgan fingerprint density at radius 1 is 1.03 bits per heavy atom. The fourth-order valence-corrected chi connectivity index (χ4v) is 7.01. The van der Waals surface area contributed by atoms with E-state index >= 15 is 0 Å². The van der Waals surface area contributed by atoms with Gasteiger partial charge < -0.3 is 9.47 Å². The summed E-state index contributed by atoms with van der Waals surface area (Å²) in [6.45, 7) is 1.94. The molecule has 1 aliphatic carbocycles. The number of carbonyl (C=O) groups excluding carboxylic acids is 1. The van der Waals surface area contributed by atoms with E-state index in [-0.39, 0.29) is 22.2 Å². The molecular formula is C21H26N4O5S2. The average Bonchev–Trinajstić information content (AvgIpc) is 3.57. The second kappa shape index (κ2) is 9.12. The van der Waals surface area contributed by atoms with Crippen LogP contribution in [-0.2, 0) is 24.3 Å². The van der Waals surface area contributed by atoms with Crippen molar-refractivity contribution in [2.45, 2.75) is 53.4 Å². The fraction of sp³-hybridized carbons (Fsp3) is 0.571. The van der Waals surface area contributed by atoms with Gasteiger partial charge in [-0.15, -0.1) is 10.2 Å². The molecule has 0 unspecified atom stereocenters. The monoisotopic (exact) mass is 478 g/mol. The number of carbonyl (C=O) groups is 1. The quantitative estimate of drug-likeness (QED) is 0.584. The Hall–Kier alpha value is -1.95. The van der Waals surface area contributed by atoms with E-state index in [0.717, 1.165) is 25.7 Å². The average molecular weight is 479 g/mol. The van der Waals surface area contributed by atoms with Gasteiger partial charge in [-0.1, -0.05) is 36.7 Å². The highest BCUT2D eigenvalue weighted by atomic mass is 32.2. The second-order valence-corrected chi connectivity index (χ2v) is 11.3. The van der Waals surface area contributed by atoms with E-state index < -0.39 is 10.0 Å². The lowest BCUT2D eigenvalue weighted by atomic mass is 10.2. The van der Waals surface area contributed by atoms with Crippen LogP contribution in [0.4, 0.5) is 0 Å². The van der Waals surface area contributed by atoms with E-state index in [0.29, 0.717) is 55.9 Å². The lowest BCUT2D eigenvalue weighted by Gasteiger charge is -2.26. The lowest BCUT2D eigenvalue weighted by Crippen LogP contribution is -2.40. The van der Waals surface area contributed by atoms with Crippen LogP contribution in [0.5, 0.6) is 0 Å². The molecule has 172 valence electrons. The van der Waals surface area contributed by atoms with Gasteiger partial charge in [0.15, 0.2) is 11.0 Å². The maximum atomic E-state index is 13.2. The zero-order valence-electron chi connectivity index (χ0n) is 17.7. The predicted molar refractivity (Wildman–Crippen MR) is 118 cm³/mol. The molecular weight excluding hydrogens is 452 g/mol.